The molecule has 0 N–H and O–H groups in total. The van der Waals surface area contributed by atoms with Gasteiger partial charge in [0.05, 0.1) is 18.2 Å². The number of ether oxygens (including phenoxy) is 1. The molecular weight excluding hydrogens is 511 g/mol. The van der Waals surface area contributed by atoms with E-state index in [9.17, 15) is 22.0 Å². The van der Waals surface area contributed by atoms with Crippen molar-refractivity contribution >= 4 is 21.5 Å². The van der Waals surface area contributed by atoms with Crippen molar-refractivity contribution in [2.75, 3.05) is 7.11 Å². The third kappa shape index (κ3) is 3.50. The minimum Gasteiger partial charge on any atom is -0.497 e. The Kier molecular flexibility index (Phi) is 5.77. The molecule has 0 heterocycles. The van der Waals surface area contributed by atoms with Gasteiger partial charge in [-0.3, -0.25) is 0 Å². The number of rotatable bonds is 3. The van der Waals surface area contributed by atoms with Crippen molar-refractivity contribution in [3.63, 3.8) is 0 Å². The summed E-state index contributed by atoms with van der Waals surface area (Å²) in [5, 5.41) is -2.37. The summed E-state index contributed by atoms with van der Waals surface area (Å²) in [7, 11) is 1.15. The first-order valence-corrected chi connectivity index (χ1v) is 10.5. The number of fused-ring (bicyclic) bond motifs is 2. The Balaban J connectivity index is 2.11. The predicted molar refractivity (Wildman–Crippen MR) is 119 cm³/mol. The maximum atomic E-state index is 15.3. The molecule has 10 heteroatoms. The summed E-state index contributed by atoms with van der Waals surface area (Å²) in [4.78, 5) is 0. The lowest BCUT2D eigenvalue weighted by atomic mass is 9.84. The quantitative estimate of drug-likeness (QED) is 0.0998. The molecule has 0 aliphatic heterocycles. The van der Waals surface area contributed by atoms with Crippen molar-refractivity contribution in [1.82, 2.24) is 0 Å². The largest absolute Gasteiger partial charge is 0.497 e. The van der Waals surface area contributed by atoms with Crippen molar-refractivity contribution < 1.29 is 44.3 Å². The topological polar surface area (TPSA) is 9.23 Å². The number of halogens is 9. The maximum absolute atomic E-state index is 15.3. The van der Waals surface area contributed by atoms with Gasteiger partial charge < -0.3 is 4.74 Å². The highest BCUT2D eigenvalue weighted by Crippen LogP contribution is 2.48. The van der Waals surface area contributed by atoms with Crippen LogP contribution in [0.15, 0.2) is 48.5 Å². The Morgan fingerprint density at radius 3 is 1.30 bits per heavy atom. The summed E-state index contributed by atoms with van der Waals surface area (Å²) < 4.78 is 138. The molecule has 5 aromatic carbocycles. The highest BCUT2D eigenvalue weighted by atomic mass is 19.2. The minimum atomic E-state index is -2.45. The van der Waals surface area contributed by atoms with Crippen molar-refractivity contribution in [1.29, 1.82) is 0 Å². The zero-order valence-corrected chi connectivity index (χ0v) is 18.4. The second-order valence-corrected chi connectivity index (χ2v) is 7.99. The molecule has 0 bridgehead atoms. The molecule has 5 rings (SSSR count). The third-order valence-corrected chi connectivity index (χ3v) is 6.03. The van der Waals surface area contributed by atoms with Crippen LogP contribution in [0.1, 0.15) is 0 Å². The van der Waals surface area contributed by atoms with Crippen LogP contribution >= 0.6 is 0 Å². The molecule has 0 saturated heterocycles. The van der Waals surface area contributed by atoms with E-state index in [-0.39, 0.29) is 16.5 Å². The molecule has 5 aromatic rings. The molecule has 0 atom stereocenters. The summed E-state index contributed by atoms with van der Waals surface area (Å²) in [6.45, 7) is 0. The number of benzene rings is 5. The van der Waals surface area contributed by atoms with Gasteiger partial charge in [-0.1, -0.05) is 24.3 Å². The Labute approximate surface area is 202 Å². The number of hydrogen-bond donors (Lipinski definition) is 0. The van der Waals surface area contributed by atoms with Gasteiger partial charge in [0.2, 0.25) is 5.82 Å². The lowest BCUT2D eigenvalue weighted by Gasteiger charge is -2.20. The SMILES string of the molecule is COc1cc(F)c(-c2c3ccccc3c(-c3c(F)c(F)c(F)c(F)c3F)c3c(F)ccc(F)c23)c(F)c1. The monoisotopic (exact) mass is 522 g/mol. The van der Waals surface area contributed by atoms with Crippen LogP contribution < -0.4 is 4.74 Å². The average Bonchev–Trinajstić information content (AvgIpc) is 2.88. The van der Waals surface area contributed by atoms with Crippen LogP contribution in [0, 0.1) is 52.4 Å². The van der Waals surface area contributed by atoms with Crippen LogP contribution in [0.4, 0.5) is 39.5 Å². The van der Waals surface area contributed by atoms with Crippen LogP contribution in [0.25, 0.3) is 43.8 Å². The fourth-order valence-electron chi connectivity index (χ4n) is 4.48. The second-order valence-electron chi connectivity index (χ2n) is 7.99. The zero-order valence-electron chi connectivity index (χ0n) is 18.4. The first kappa shape index (κ1) is 24.5. The lowest BCUT2D eigenvalue weighted by Crippen LogP contribution is -2.06. The van der Waals surface area contributed by atoms with Crippen LogP contribution in [0.2, 0.25) is 0 Å². The van der Waals surface area contributed by atoms with Gasteiger partial charge >= 0.3 is 0 Å². The van der Waals surface area contributed by atoms with Crippen LogP contribution in [0.5, 0.6) is 5.75 Å². The normalized spacial score (nSPS) is 11.5. The highest BCUT2D eigenvalue weighted by molar-refractivity contribution is 6.21. The zero-order chi connectivity index (χ0) is 26.8. The van der Waals surface area contributed by atoms with Gasteiger partial charge in [-0.05, 0) is 22.9 Å². The minimum absolute atomic E-state index is 0.225. The molecule has 0 spiro atoms. The number of methoxy groups -OCH3 is 1. The Morgan fingerprint density at radius 1 is 0.459 bits per heavy atom. The molecule has 0 unspecified atom stereocenters. The third-order valence-electron chi connectivity index (χ3n) is 6.03. The van der Waals surface area contributed by atoms with Gasteiger partial charge in [0.1, 0.15) is 29.0 Å². The highest BCUT2D eigenvalue weighted by Gasteiger charge is 2.32. The van der Waals surface area contributed by atoms with E-state index in [2.05, 4.69) is 0 Å². The summed E-state index contributed by atoms with van der Waals surface area (Å²) in [5.74, 6) is -16.9. The van der Waals surface area contributed by atoms with Gasteiger partial charge in [-0.15, -0.1) is 0 Å². The molecule has 0 aromatic heterocycles. The molecule has 0 aliphatic rings. The van der Waals surface area contributed by atoms with E-state index < -0.39 is 85.4 Å². The molecule has 188 valence electrons. The molecular formula is C27H11F9O. The van der Waals surface area contributed by atoms with Crippen LogP contribution in [-0.4, -0.2) is 7.11 Å². The van der Waals surface area contributed by atoms with Crippen molar-refractivity contribution in [3.05, 3.63) is 101 Å². The van der Waals surface area contributed by atoms with Gasteiger partial charge in [0, 0.05) is 34.0 Å². The molecule has 0 amide bonds. The lowest BCUT2D eigenvalue weighted by molar-refractivity contribution is 0.381. The van der Waals surface area contributed by atoms with Crippen molar-refractivity contribution in [2.45, 2.75) is 0 Å². The summed E-state index contributed by atoms with van der Waals surface area (Å²) in [5.41, 5.74) is -3.76. The summed E-state index contributed by atoms with van der Waals surface area (Å²) in [6.07, 6.45) is 0. The van der Waals surface area contributed by atoms with Crippen molar-refractivity contribution in [2.24, 2.45) is 0 Å². The molecule has 0 aliphatic carbocycles. The van der Waals surface area contributed by atoms with Crippen molar-refractivity contribution in [3.8, 4) is 28.0 Å². The van der Waals surface area contributed by atoms with E-state index in [1.54, 1.807) is 0 Å². The fourth-order valence-corrected chi connectivity index (χ4v) is 4.48. The molecule has 0 saturated carbocycles. The Hall–Kier alpha value is -4.21. The summed E-state index contributed by atoms with van der Waals surface area (Å²) in [6, 6.07) is 7.66. The molecule has 0 fully saturated rings. The summed E-state index contributed by atoms with van der Waals surface area (Å²) >= 11 is 0. The van der Waals surface area contributed by atoms with Crippen LogP contribution in [0.3, 0.4) is 0 Å². The van der Waals surface area contributed by atoms with Gasteiger partial charge in [-0.2, -0.15) is 0 Å². The maximum Gasteiger partial charge on any atom is 0.200 e. The van der Waals surface area contributed by atoms with E-state index >= 15 is 17.6 Å². The first-order chi connectivity index (χ1) is 17.6. The second kappa shape index (κ2) is 8.72. The number of hydrogen-bond acceptors (Lipinski definition) is 1. The predicted octanol–water partition coefficient (Wildman–Crippen LogP) is 8.59. The van der Waals surface area contributed by atoms with E-state index in [1.807, 2.05) is 0 Å². The van der Waals surface area contributed by atoms with Gasteiger partial charge in [0.15, 0.2) is 23.3 Å². The van der Waals surface area contributed by atoms with E-state index in [0.29, 0.717) is 12.1 Å². The standard InChI is InChI=1S/C27H11F9O/c1-37-10-8-15(30)19(16(31)9-10)17-11-4-2-3-5-12(11)18(21-14(29)7-6-13(28)20(17)21)22-23(32)25(34)27(36)26(35)24(22)33/h2-9H,1H3. The molecule has 37 heavy (non-hydrogen) atoms. The first-order valence-electron chi connectivity index (χ1n) is 10.5. The smallest absolute Gasteiger partial charge is 0.200 e. The Bertz CT molecular complexity index is 1710. The van der Waals surface area contributed by atoms with Gasteiger partial charge in [-0.25, -0.2) is 39.5 Å². The van der Waals surface area contributed by atoms with Crippen LogP contribution in [-0.2, 0) is 0 Å². The fraction of sp³-hybridized carbons (Fsp3) is 0.0370. The van der Waals surface area contributed by atoms with Gasteiger partial charge in [0.25, 0.3) is 0 Å². The molecule has 1 nitrogen and oxygen atoms in total. The van der Waals surface area contributed by atoms with E-state index in [4.69, 9.17) is 4.74 Å². The molecule has 0 radical (unpaired) electrons. The Morgan fingerprint density at radius 2 is 0.865 bits per heavy atom. The van der Waals surface area contributed by atoms with E-state index in [0.717, 1.165) is 25.3 Å². The average molecular weight is 522 g/mol. The van der Waals surface area contributed by atoms with E-state index in [1.165, 1.54) is 18.2 Å².